The van der Waals surface area contributed by atoms with Crippen LogP contribution < -0.4 is 9.64 Å². The largest absolute Gasteiger partial charge is 0.482 e. The molecule has 2 rings (SSSR count). The Bertz CT molecular complexity index is 771. The van der Waals surface area contributed by atoms with Gasteiger partial charge in [0.05, 0.1) is 0 Å². The summed E-state index contributed by atoms with van der Waals surface area (Å²) in [6, 6.07) is 15.5. The van der Waals surface area contributed by atoms with Gasteiger partial charge in [-0.05, 0) is 50.2 Å². The van der Waals surface area contributed by atoms with Crippen LogP contribution >= 0.6 is 0 Å². The van der Waals surface area contributed by atoms with E-state index < -0.39 is 12.1 Å². The molecule has 0 saturated carbocycles. The highest BCUT2D eigenvalue weighted by molar-refractivity contribution is 5.97. The molecule has 2 aromatic rings. The topological polar surface area (TPSA) is 72.9 Å². The predicted octanol–water partition coefficient (Wildman–Crippen LogP) is 2.86. The van der Waals surface area contributed by atoms with E-state index in [1.54, 1.807) is 43.4 Å². The summed E-state index contributed by atoms with van der Waals surface area (Å²) in [5.74, 6) is -0.600. The molecule has 6 heteroatoms. The van der Waals surface area contributed by atoms with Gasteiger partial charge in [-0.25, -0.2) is 4.79 Å². The number of ether oxygens (including phenoxy) is 2. The number of likely N-dealkylation sites (N-methyl/N-ethyl adjacent to an activating group) is 1. The molecule has 0 aliphatic heterocycles. The molecule has 0 saturated heterocycles. The number of nitrogens with zero attached hydrogens (tertiary/aromatic N) is 1. The molecule has 6 nitrogen and oxygen atoms in total. The highest BCUT2D eigenvalue weighted by atomic mass is 16.6. The summed E-state index contributed by atoms with van der Waals surface area (Å²) in [7, 11) is 1.62. The fraction of sp³-hybridized carbons (Fsp3) is 0.250. The minimum atomic E-state index is -0.934. The number of rotatable bonds is 7. The molecule has 0 N–H and O–H groups in total. The van der Waals surface area contributed by atoms with Crippen molar-refractivity contribution in [2.45, 2.75) is 20.0 Å². The van der Waals surface area contributed by atoms with Crippen molar-refractivity contribution in [2.75, 3.05) is 18.6 Å². The molecule has 0 unspecified atom stereocenters. The number of benzene rings is 2. The molecule has 0 aliphatic rings. The molecule has 0 aromatic heterocycles. The minimum absolute atomic E-state index is 0.0502. The number of hydrogen-bond donors (Lipinski definition) is 0. The smallest absolute Gasteiger partial charge is 0.344 e. The van der Waals surface area contributed by atoms with E-state index in [2.05, 4.69) is 0 Å². The first-order valence-electron chi connectivity index (χ1n) is 8.14. The molecule has 0 heterocycles. The van der Waals surface area contributed by atoms with Crippen molar-refractivity contribution in [2.24, 2.45) is 0 Å². The van der Waals surface area contributed by atoms with Gasteiger partial charge in [-0.1, -0.05) is 18.2 Å². The zero-order chi connectivity index (χ0) is 19.1. The van der Waals surface area contributed by atoms with Gasteiger partial charge in [0.15, 0.2) is 18.5 Å². The number of ketones is 1. The molecule has 136 valence electrons. The minimum Gasteiger partial charge on any atom is -0.482 e. The molecular weight excluding hydrogens is 334 g/mol. The van der Waals surface area contributed by atoms with Gasteiger partial charge in [0.25, 0.3) is 5.91 Å². The van der Waals surface area contributed by atoms with Crippen LogP contribution in [0.4, 0.5) is 5.69 Å². The van der Waals surface area contributed by atoms with Crippen molar-refractivity contribution in [3.8, 4) is 5.75 Å². The maximum atomic E-state index is 12.3. The van der Waals surface area contributed by atoms with Crippen LogP contribution in [0.1, 0.15) is 24.2 Å². The van der Waals surface area contributed by atoms with Crippen LogP contribution in [0.25, 0.3) is 0 Å². The van der Waals surface area contributed by atoms with Crippen molar-refractivity contribution >= 4 is 23.3 Å². The maximum Gasteiger partial charge on any atom is 0.344 e. The second-order valence-electron chi connectivity index (χ2n) is 5.73. The lowest BCUT2D eigenvalue weighted by Gasteiger charge is -2.21. The third-order valence-electron chi connectivity index (χ3n) is 3.75. The summed E-state index contributed by atoms with van der Waals surface area (Å²) in [5, 5.41) is 0. The SMILES string of the molecule is CC(=O)c1ccc(OCC(=O)O[C@H](C)C(=O)N(C)c2ccccc2)cc1. The molecule has 2 aromatic carbocycles. The molecular formula is C20H21NO5. The Morgan fingerprint density at radius 2 is 1.62 bits per heavy atom. The van der Waals surface area contributed by atoms with Gasteiger partial charge in [-0.15, -0.1) is 0 Å². The molecule has 1 atom stereocenters. The van der Waals surface area contributed by atoms with Gasteiger partial charge in [0, 0.05) is 18.3 Å². The third-order valence-corrected chi connectivity index (χ3v) is 3.75. The van der Waals surface area contributed by atoms with Gasteiger partial charge < -0.3 is 14.4 Å². The van der Waals surface area contributed by atoms with E-state index in [-0.39, 0.29) is 18.3 Å². The van der Waals surface area contributed by atoms with Gasteiger partial charge >= 0.3 is 5.97 Å². The summed E-state index contributed by atoms with van der Waals surface area (Å²) in [4.78, 5) is 36.9. The Morgan fingerprint density at radius 1 is 1.00 bits per heavy atom. The Morgan fingerprint density at radius 3 is 2.19 bits per heavy atom. The highest BCUT2D eigenvalue weighted by Crippen LogP contribution is 2.14. The Labute approximate surface area is 152 Å². The second kappa shape index (κ2) is 8.80. The van der Waals surface area contributed by atoms with Crippen LogP contribution in [0.3, 0.4) is 0 Å². The number of para-hydroxylation sites is 1. The van der Waals surface area contributed by atoms with Crippen molar-refractivity contribution in [1.29, 1.82) is 0 Å². The Hall–Kier alpha value is -3.15. The van der Waals surface area contributed by atoms with Crippen LogP contribution in [0, 0.1) is 0 Å². The van der Waals surface area contributed by atoms with Crippen molar-refractivity contribution in [3.63, 3.8) is 0 Å². The average molecular weight is 355 g/mol. The maximum absolute atomic E-state index is 12.3. The van der Waals surface area contributed by atoms with Crippen molar-refractivity contribution in [3.05, 3.63) is 60.2 Å². The lowest BCUT2D eigenvalue weighted by Crippen LogP contribution is -2.38. The second-order valence-corrected chi connectivity index (χ2v) is 5.73. The van der Waals surface area contributed by atoms with Crippen LogP contribution in [0.2, 0.25) is 0 Å². The quantitative estimate of drug-likeness (QED) is 0.564. The van der Waals surface area contributed by atoms with E-state index in [1.807, 2.05) is 18.2 Å². The van der Waals surface area contributed by atoms with Gasteiger partial charge in [0.1, 0.15) is 5.75 Å². The first-order chi connectivity index (χ1) is 12.4. The Kier molecular flexibility index (Phi) is 6.49. The molecule has 0 fully saturated rings. The molecule has 0 spiro atoms. The van der Waals surface area contributed by atoms with Crippen LogP contribution in [0.15, 0.2) is 54.6 Å². The average Bonchev–Trinajstić information content (AvgIpc) is 2.66. The summed E-state index contributed by atoms with van der Waals surface area (Å²) >= 11 is 0. The van der Waals surface area contributed by atoms with E-state index in [1.165, 1.54) is 18.7 Å². The third kappa shape index (κ3) is 5.17. The summed E-state index contributed by atoms with van der Waals surface area (Å²) in [6.07, 6.45) is -0.934. The zero-order valence-corrected chi connectivity index (χ0v) is 15.0. The number of carbonyl (C=O) groups excluding carboxylic acids is 3. The number of Topliss-reactive ketones (excluding diaryl/α,β-unsaturated/α-hetero) is 1. The zero-order valence-electron chi connectivity index (χ0n) is 15.0. The number of amides is 1. The number of carbonyl (C=O) groups is 3. The lowest BCUT2D eigenvalue weighted by atomic mass is 10.1. The van der Waals surface area contributed by atoms with Crippen LogP contribution in [-0.4, -0.2) is 37.4 Å². The monoisotopic (exact) mass is 355 g/mol. The fourth-order valence-corrected chi connectivity index (χ4v) is 2.26. The van der Waals surface area contributed by atoms with Crippen LogP contribution in [-0.2, 0) is 14.3 Å². The molecule has 1 amide bonds. The Balaban J connectivity index is 1.84. The number of hydrogen-bond acceptors (Lipinski definition) is 5. The first kappa shape index (κ1) is 19.2. The van der Waals surface area contributed by atoms with Crippen molar-refractivity contribution in [1.82, 2.24) is 0 Å². The summed E-state index contributed by atoms with van der Waals surface area (Å²) in [5.41, 5.74) is 1.27. The summed E-state index contributed by atoms with van der Waals surface area (Å²) < 4.78 is 10.4. The normalized spacial score (nSPS) is 11.3. The van der Waals surface area contributed by atoms with Crippen molar-refractivity contribution < 1.29 is 23.9 Å². The van der Waals surface area contributed by atoms with E-state index in [4.69, 9.17) is 9.47 Å². The van der Waals surface area contributed by atoms with Gasteiger partial charge in [-0.2, -0.15) is 0 Å². The predicted molar refractivity (Wildman–Crippen MR) is 97.3 cm³/mol. The molecule has 0 bridgehead atoms. The lowest BCUT2D eigenvalue weighted by molar-refractivity contribution is -0.155. The van der Waals surface area contributed by atoms with E-state index in [0.29, 0.717) is 17.0 Å². The highest BCUT2D eigenvalue weighted by Gasteiger charge is 2.22. The number of anilines is 1. The molecule has 0 radical (unpaired) electrons. The first-order valence-corrected chi connectivity index (χ1v) is 8.14. The standard InChI is InChI=1S/C20H21NO5/c1-14(22)16-9-11-18(12-10-16)25-13-19(23)26-15(2)20(24)21(3)17-7-5-4-6-8-17/h4-12,15H,13H2,1-3H3/t15-/m1/s1. The van der Waals surface area contributed by atoms with Gasteiger partial charge in [0.2, 0.25) is 0 Å². The fourth-order valence-electron chi connectivity index (χ4n) is 2.26. The summed E-state index contributed by atoms with van der Waals surface area (Å²) in [6.45, 7) is 2.66. The van der Waals surface area contributed by atoms with Crippen LogP contribution in [0.5, 0.6) is 5.75 Å². The van der Waals surface area contributed by atoms with E-state index in [9.17, 15) is 14.4 Å². The molecule has 26 heavy (non-hydrogen) atoms. The number of esters is 1. The van der Waals surface area contributed by atoms with E-state index >= 15 is 0 Å². The van der Waals surface area contributed by atoms with Gasteiger partial charge in [-0.3, -0.25) is 9.59 Å². The van der Waals surface area contributed by atoms with E-state index in [0.717, 1.165) is 0 Å². The molecule has 0 aliphatic carbocycles.